The van der Waals surface area contributed by atoms with Crippen LogP contribution in [-0.4, -0.2) is 45.3 Å². The molecule has 0 fully saturated rings. The van der Waals surface area contributed by atoms with E-state index in [1.54, 1.807) is 5.38 Å². The Morgan fingerprint density at radius 1 is 1.52 bits per heavy atom. The first kappa shape index (κ1) is 17.6. The van der Waals surface area contributed by atoms with E-state index in [0.29, 0.717) is 25.5 Å². The molecular formula is C12H19N3O4S2. The van der Waals surface area contributed by atoms with Crippen LogP contribution < -0.4 is 10.0 Å². The van der Waals surface area contributed by atoms with E-state index in [2.05, 4.69) is 21.6 Å². The number of thiazole rings is 1. The fourth-order valence-electron chi connectivity index (χ4n) is 1.33. The van der Waals surface area contributed by atoms with Crippen LogP contribution in [0.5, 0.6) is 0 Å². The van der Waals surface area contributed by atoms with Crippen LogP contribution in [0.4, 0.5) is 5.13 Å². The fraction of sp³-hybridized carbons (Fsp3) is 0.500. The summed E-state index contributed by atoms with van der Waals surface area (Å²) in [5.74, 6) is -0.190. The van der Waals surface area contributed by atoms with E-state index < -0.39 is 10.0 Å². The van der Waals surface area contributed by atoms with Crippen molar-refractivity contribution >= 4 is 32.4 Å². The van der Waals surface area contributed by atoms with Gasteiger partial charge in [-0.3, -0.25) is 9.52 Å². The summed E-state index contributed by atoms with van der Waals surface area (Å²) < 4.78 is 29.6. The molecule has 1 aromatic rings. The average Bonchev–Trinajstić information content (AvgIpc) is 2.73. The van der Waals surface area contributed by atoms with Gasteiger partial charge >= 0.3 is 0 Å². The SMILES string of the molecule is C=C(C)COCCNC(=O)Cc1csc(NS(C)(=O)=O)n1. The second-order valence-electron chi connectivity index (χ2n) is 4.55. The predicted molar refractivity (Wildman–Crippen MR) is 82.9 cm³/mol. The molecule has 1 heterocycles. The lowest BCUT2D eigenvalue weighted by Crippen LogP contribution is -2.28. The first-order valence-electron chi connectivity index (χ1n) is 6.17. The van der Waals surface area contributed by atoms with Crippen LogP contribution in [-0.2, 0) is 26.0 Å². The summed E-state index contributed by atoms with van der Waals surface area (Å²) in [6.45, 7) is 6.86. The van der Waals surface area contributed by atoms with Crippen molar-refractivity contribution < 1.29 is 17.9 Å². The Balaban J connectivity index is 2.30. The van der Waals surface area contributed by atoms with Gasteiger partial charge in [0.1, 0.15) is 0 Å². The summed E-state index contributed by atoms with van der Waals surface area (Å²) in [6.07, 6.45) is 1.15. The predicted octanol–water partition coefficient (Wildman–Crippen LogP) is 0.766. The maximum atomic E-state index is 11.6. The molecule has 9 heteroatoms. The van der Waals surface area contributed by atoms with Crippen molar-refractivity contribution in [2.24, 2.45) is 0 Å². The number of amides is 1. The molecule has 0 atom stereocenters. The number of hydrogen-bond donors (Lipinski definition) is 2. The molecule has 7 nitrogen and oxygen atoms in total. The first-order valence-corrected chi connectivity index (χ1v) is 8.94. The molecule has 0 saturated carbocycles. The number of anilines is 1. The second-order valence-corrected chi connectivity index (χ2v) is 7.16. The largest absolute Gasteiger partial charge is 0.375 e. The number of hydrogen-bond acceptors (Lipinski definition) is 6. The highest BCUT2D eigenvalue weighted by atomic mass is 32.2. The molecule has 0 aliphatic carbocycles. The molecule has 1 aromatic heterocycles. The van der Waals surface area contributed by atoms with Crippen LogP contribution in [0.1, 0.15) is 12.6 Å². The molecule has 1 amide bonds. The summed E-state index contributed by atoms with van der Waals surface area (Å²) in [5.41, 5.74) is 1.45. The van der Waals surface area contributed by atoms with Gasteiger partial charge in [0.25, 0.3) is 0 Å². The van der Waals surface area contributed by atoms with Crippen molar-refractivity contribution in [3.63, 3.8) is 0 Å². The van der Waals surface area contributed by atoms with Crippen LogP contribution in [0.25, 0.3) is 0 Å². The summed E-state index contributed by atoms with van der Waals surface area (Å²) in [5, 5.41) is 4.59. The quantitative estimate of drug-likeness (QED) is 0.514. The van der Waals surface area contributed by atoms with Gasteiger partial charge < -0.3 is 10.1 Å². The number of carbonyl (C=O) groups is 1. The Morgan fingerprint density at radius 2 is 2.24 bits per heavy atom. The Labute approximate surface area is 128 Å². The molecule has 0 aliphatic heterocycles. The number of carbonyl (C=O) groups excluding carboxylic acids is 1. The number of ether oxygens (including phenoxy) is 1. The van der Waals surface area contributed by atoms with Gasteiger partial charge in [-0.1, -0.05) is 12.2 Å². The molecule has 0 aromatic carbocycles. The molecule has 0 bridgehead atoms. The van der Waals surface area contributed by atoms with E-state index in [1.165, 1.54) is 0 Å². The second kappa shape index (κ2) is 8.11. The van der Waals surface area contributed by atoms with Crippen molar-refractivity contribution in [1.29, 1.82) is 0 Å². The topological polar surface area (TPSA) is 97.4 Å². The Morgan fingerprint density at radius 3 is 2.86 bits per heavy atom. The zero-order valence-corrected chi connectivity index (χ0v) is 13.6. The number of nitrogens with one attached hydrogen (secondary N) is 2. The van der Waals surface area contributed by atoms with Gasteiger partial charge in [-0.2, -0.15) is 0 Å². The molecule has 2 N–H and O–H groups in total. The zero-order valence-electron chi connectivity index (χ0n) is 12.0. The minimum absolute atomic E-state index is 0.0996. The molecule has 0 unspecified atom stereocenters. The Bertz CT molecular complexity index is 595. The maximum absolute atomic E-state index is 11.6. The van der Waals surface area contributed by atoms with Crippen molar-refractivity contribution in [2.45, 2.75) is 13.3 Å². The molecular weight excluding hydrogens is 314 g/mol. The van der Waals surface area contributed by atoms with Crippen molar-refractivity contribution in [1.82, 2.24) is 10.3 Å². The maximum Gasteiger partial charge on any atom is 0.231 e. The normalized spacial score (nSPS) is 11.1. The van der Waals surface area contributed by atoms with Crippen LogP contribution in [0, 0.1) is 0 Å². The number of rotatable bonds is 9. The molecule has 0 spiro atoms. The lowest BCUT2D eigenvalue weighted by atomic mass is 10.3. The van der Waals surface area contributed by atoms with E-state index in [0.717, 1.165) is 23.2 Å². The minimum Gasteiger partial charge on any atom is -0.375 e. The summed E-state index contributed by atoms with van der Waals surface area (Å²) in [7, 11) is -3.35. The molecule has 21 heavy (non-hydrogen) atoms. The Kier molecular flexibility index (Phi) is 6.79. The lowest BCUT2D eigenvalue weighted by Gasteiger charge is -2.05. The first-order chi connectivity index (χ1) is 9.76. The number of nitrogens with zero attached hydrogens (tertiary/aromatic N) is 1. The Hall–Kier alpha value is -1.45. The highest BCUT2D eigenvalue weighted by Crippen LogP contribution is 2.16. The zero-order chi connectivity index (χ0) is 15.9. The van der Waals surface area contributed by atoms with E-state index in [-0.39, 0.29) is 17.5 Å². The molecule has 0 aliphatic rings. The number of aromatic nitrogens is 1. The highest BCUT2D eigenvalue weighted by molar-refractivity contribution is 7.92. The van der Waals surface area contributed by atoms with E-state index in [9.17, 15) is 13.2 Å². The molecule has 118 valence electrons. The lowest BCUT2D eigenvalue weighted by molar-refractivity contribution is -0.120. The molecule has 0 saturated heterocycles. The molecule has 0 radical (unpaired) electrons. The van der Waals surface area contributed by atoms with Crippen molar-refractivity contribution in [3.05, 3.63) is 23.2 Å². The van der Waals surface area contributed by atoms with Gasteiger partial charge in [0.2, 0.25) is 15.9 Å². The van der Waals surface area contributed by atoms with E-state index in [4.69, 9.17) is 4.74 Å². The highest BCUT2D eigenvalue weighted by Gasteiger charge is 2.09. The van der Waals surface area contributed by atoms with Gasteiger partial charge in [-0.15, -0.1) is 11.3 Å². The van der Waals surface area contributed by atoms with Crippen molar-refractivity contribution in [3.8, 4) is 0 Å². The van der Waals surface area contributed by atoms with Gasteiger partial charge in [0, 0.05) is 11.9 Å². The van der Waals surface area contributed by atoms with E-state index in [1.807, 2.05) is 6.92 Å². The van der Waals surface area contributed by atoms with Crippen LogP contribution in [0.15, 0.2) is 17.5 Å². The van der Waals surface area contributed by atoms with Crippen LogP contribution in [0.3, 0.4) is 0 Å². The fourth-order valence-corrected chi connectivity index (χ4v) is 2.89. The number of sulfonamides is 1. The molecule has 1 rings (SSSR count). The van der Waals surface area contributed by atoms with E-state index >= 15 is 0 Å². The third-order valence-corrected chi connectivity index (χ3v) is 3.58. The smallest absolute Gasteiger partial charge is 0.231 e. The third kappa shape index (κ3) is 8.43. The van der Waals surface area contributed by atoms with Gasteiger partial charge in [0.05, 0.1) is 31.6 Å². The summed E-state index contributed by atoms with van der Waals surface area (Å²) in [4.78, 5) is 15.7. The monoisotopic (exact) mass is 333 g/mol. The van der Waals surface area contributed by atoms with Gasteiger partial charge in [-0.05, 0) is 6.92 Å². The van der Waals surface area contributed by atoms with Crippen molar-refractivity contribution in [2.75, 3.05) is 30.7 Å². The van der Waals surface area contributed by atoms with Crippen LogP contribution >= 0.6 is 11.3 Å². The summed E-state index contributed by atoms with van der Waals surface area (Å²) >= 11 is 1.14. The van der Waals surface area contributed by atoms with Gasteiger partial charge in [0.15, 0.2) is 5.13 Å². The average molecular weight is 333 g/mol. The van der Waals surface area contributed by atoms with Crippen LogP contribution in [0.2, 0.25) is 0 Å². The summed E-state index contributed by atoms with van der Waals surface area (Å²) in [6, 6.07) is 0. The third-order valence-electron chi connectivity index (χ3n) is 2.08. The standard InChI is InChI=1S/C12H19N3O4S2/c1-9(2)7-19-5-4-13-11(16)6-10-8-20-12(14-10)15-21(3,17)18/h8H,1,4-7H2,2-3H3,(H,13,16)(H,14,15). The minimum atomic E-state index is -3.35. The van der Waals surface area contributed by atoms with Gasteiger partial charge in [-0.25, -0.2) is 13.4 Å².